The van der Waals surface area contributed by atoms with E-state index in [9.17, 15) is 23.5 Å². The number of halogens is 2. The van der Waals surface area contributed by atoms with Crippen LogP contribution in [0.15, 0.2) is 47.5 Å². The van der Waals surface area contributed by atoms with Crippen LogP contribution in [0.5, 0.6) is 0 Å². The van der Waals surface area contributed by atoms with Crippen molar-refractivity contribution in [3.8, 4) is 0 Å². The molecule has 186 valence electrons. The fourth-order valence-corrected chi connectivity index (χ4v) is 3.26. The Morgan fingerprint density at radius 2 is 2.00 bits per heavy atom. The number of aldehydes is 1. The standard InChI is InChI=1S/C25H34F2N4O3/c1-16(15-32)9-21(11-28-12-23(26)27)19(4)31(13-20-5-6-20)14-22-17(2)7-8-29-24(22)25(34)30-10-18(3)33/h7-9,11,13,15,18-19,23,28,33H,5-6,10,12,14H2,1-4H3,(H,30,34). The van der Waals surface area contributed by atoms with Crippen molar-refractivity contribution in [3.05, 3.63) is 64.3 Å². The second-order valence-corrected chi connectivity index (χ2v) is 8.60. The minimum absolute atomic E-state index is 0.108. The minimum Gasteiger partial charge on any atom is -0.392 e. The number of aliphatic hydroxyl groups excluding tert-OH is 1. The normalized spacial score (nSPS) is 15.6. The van der Waals surface area contributed by atoms with Crippen LogP contribution in [-0.4, -0.2) is 58.8 Å². The zero-order valence-corrected chi connectivity index (χ0v) is 20.1. The smallest absolute Gasteiger partial charge is 0.270 e. The minimum atomic E-state index is -2.51. The summed E-state index contributed by atoms with van der Waals surface area (Å²) in [6, 6.07) is 1.53. The van der Waals surface area contributed by atoms with E-state index in [4.69, 9.17) is 0 Å². The molecule has 2 rings (SSSR count). The van der Waals surface area contributed by atoms with Crippen LogP contribution in [0.3, 0.4) is 0 Å². The van der Waals surface area contributed by atoms with Crippen LogP contribution in [0.25, 0.3) is 0 Å². The molecule has 1 aromatic heterocycles. The molecule has 0 radical (unpaired) electrons. The zero-order chi connectivity index (χ0) is 25.3. The zero-order valence-electron chi connectivity index (χ0n) is 20.1. The number of rotatable bonds is 13. The Kier molecular flexibility index (Phi) is 10.4. The van der Waals surface area contributed by atoms with Crippen molar-refractivity contribution in [1.29, 1.82) is 0 Å². The van der Waals surface area contributed by atoms with E-state index >= 15 is 0 Å². The SMILES string of the molecule is CC(C=O)=CC(=CNCC(F)F)C(C)N(C=C1CC1)Cc1c(C)ccnc1C(=O)NCC(C)O. The van der Waals surface area contributed by atoms with Crippen LogP contribution >= 0.6 is 0 Å². The molecule has 34 heavy (non-hydrogen) atoms. The van der Waals surface area contributed by atoms with Crippen LogP contribution in [0.1, 0.15) is 55.2 Å². The highest BCUT2D eigenvalue weighted by atomic mass is 19.3. The number of carbonyl (C=O) groups excluding carboxylic acids is 2. The lowest BCUT2D eigenvalue weighted by atomic mass is 10.0. The van der Waals surface area contributed by atoms with E-state index in [1.54, 1.807) is 26.1 Å². The lowest BCUT2D eigenvalue weighted by molar-refractivity contribution is -0.104. The number of aliphatic hydroxyl groups is 1. The van der Waals surface area contributed by atoms with Crippen LogP contribution in [0, 0.1) is 6.92 Å². The highest BCUT2D eigenvalue weighted by molar-refractivity contribution is 5.94. The largest absolute Gasteiger partial charge is 0.392 e. The summed E-state index contributed by atoms with van der Waals surface area (Å²) in [7, 11) is 0. The molecule has 1 aromatic rings. The molecular formula is C25H34F2N4O3. The Bertz CT molecular complexity index is 951. The van der Waals surface area contributed by atoms with Gasteiger partial charge in [-0.2, -0.15) is 0 Å². The van der Waals surface area contributed by atoms with E-state index < -0.39 is 19.1 Å². The summed E-state index contributed by atoms with van der Waals surface area (Å²) in [4.78, 5) is 30.3. The van der Waals surface area contributed by atoms with Crippen molar-refractivity contribution >= 4 is 12.2 Å². The fourth-order valence-electron chi connectivity index (χ4n) is 3.26. The first-order valence-corrected chi connectivity index (χ1v) is 11.3. The molecule has 3 N–H and O–H groups in total. The molecule has 2 unspecified atom stereocenters. The number of allylic oxidation sites excluding steroid dienone is 2. The Morgan fingerprint density at radius 3 is 2.59 bits per heavy atom. The summed E-state index contributed by atoms with van der Waals surface area (Å²) < 4.78 is 25.3. The van der Waals surface area contributed by atoms with Gasteiger partial charge in [0.05, 0.1) is 18.7 Å². The molecule has 0 spiro atoms. The second kappa shape index (κ2) is 13.0. The molecule has 9 heteroatoms. The van der Waals surface area contributed by atoms with Gasteiger partial charge in [-0.15, -0.1) is 0 Å². The number of aryl methyl sites for hydroxylation is 1. The van der Waals surface area contributed by atoms with Gasteiger partial charge in [0.1, 0.15) is 12.0 Å². The number of nitrogens with one attached hydrogen (secondary N) is 2. The third kappa shape index (κ3) is 8.70. The van der Waals surface area contributed by atoms with Gasteiger partial charge in [-0.25, -0.2) is 8.78 Å². The highest BCUT2D eigenvalue weighted by Gasteiger charge is 2.23. The summed E-state index contributed by atoms with van der Waals surface area (Å²) in [5.74, 6) is -0.377. The summed E-state index contributed by atoms with van der Waals surface area (Å²) in [5.41, 5.74) is 4.24. The van der Waals surface area contributed by atoms with Gasteiger partial charge in [0, 0.05) is 31.0 Å². The molecule has 1 amide bonds. The predicted molar refractivity (Wildman–Crippen MR) is 127 cm³/mol. The number of pyridine rings is 1. The topological polar surface area (TPSA) is 94.6 Å². The van der Waals surface area contributed by atoms with Gasteiger partial charge in [-0.05, 0) is 75.6 Å². The van der Waals surface area contributed by atoms with Crippen LogP contribution in [0.4, 0.5) is 8.78 Å². The lowest BCUT2D eigenvalue weighted by Crippen LogP contribution is -2.34. The van der Waals surface area contributed by atoms with Gasteiger partial charge in [-0.3, -0.25) is 14.6 Å². The van der Waals surface area contributed by atoms with Crippen molar-refractivity contribution in [3.63, 3.8) is 0 Å². The van der Waals surface area contributed by atoms with Crippen LogP contribution < -0.4 is 10.6 Å². The first-order chi connectivity index (χ1) is 16.1. The second-order valence-electron chi connectivity index (χ2n) is 8.60. The molecule has 0 aliphatic heterocycles. The van der Waals surface area contributed by atoms with Crippen molar-refractivity contribution in [1.82, 2.24) is 20.5 Å². The number of alkyl halides is 2. The van der Waals surface area contributed by atoms with Crippen molar-refractivity contribution < 1.29 is 23.5 Å². The molecule has 0 bridgehead atoms. The Morgan fingerprint density at radius 1 is 1.29 bits per heavy atom. The molecule has 1 saturated carbocycles. The average molecular weight is 477 g/mol. The molecule has 1 fully saturated rings. The quantitative estimate of drug-likeness (QED) is 0.230. The summed E-state index contributed by atoms with van der Waals surface area (Å²) in [5, 5.41) is 14.8. The summed E-state index contributed by atoms with van der Waals surface area (Å²) >= 11 is 0. The highest BCUT2D eigenvalue weighted by Crippen LogP contribution is 2.30. The number of hydrogen-bond donors (Lipinski definition) is 3. The van der Waals surface area contributed by atoms with E-state index in [1.165, 1.54) is 11.8 Å². The molecule has 2 atom stereocenters. The molecular weight excluding hydrogens is 442 g/mol. The Hall–Kier alpha value is -3.07. The van der Waals surface area contributed by atoms with Gasteiger partial charge in [0.15, 0.2) is 0 Å². The maximum atomic E-state index is 12.8. The number of carbonyl (C=O) groups is 2. The van der Waals surface area contributed by atoms with Gasteiger partial charge in [-0.1, -0.05) is 5.57 Å². The Balaban J connectivity index is 2.40. The summed E-state index contributed by atoms with van der Waals surface area (Å²) in [6.07, 6.45) is 6.25. The lowest BCUT2D eigenvalue weighted by Gasteiger charge is -2.30. The average Bonchev–Trinajstić information content (AvgIpc) is 3.60. The molecule has 0 aromatic carbocycles. The first kappa shape index (κ1) is 27.2. The molecule has 1 aliphatic carbocycles. The summed E-state index contributed by atoms with van der Waals surface area (Å²) in [6.45, 7) is 7.01. The molecule has 1 aliphatic rings. The molecule has 7 nitrogen and oxygen atoms in total. The van der Waals surface area contributed by atoms with E-state index in [2.05, 4.69) is 15.6 Å². The predicted octanol–water partition coefficient (Wildman–Crippen LogP) is 3.25. The molecule has 1 heterocycles. The van der Waals surface area contributed by atoms with Crippen LogP contribution in [0.2, 0.25) is 0 Å². The van der Waals surface area contributed by atoms with E-state index in [0.29, 0.717) is 24.0 Å². The maximum Gasteiger partial charge on any atom is 0.270 e. The van der Waals surface area contributed by atoms with Crippen molar-refractivity contribution in [2.24, 2.45) is 0 Å². The van der Waals surface area contributed by atoms with Gasteiger partial charge in [0.25, 0.3) is 12.3 Å². The Labute approximate surface area is 199 Å². The fraction of sp³-hybridized carbons (Fsp3) is 0.480. The van der Waals surface area contributed by atoms with Gasteiger partial charge < -0.3 is 20.6 Å². The number of amides is 1. The third-order valence-corrected chi connectivity index (χ3v) is 5.39. The number of nitrogens with zero attached hydrogens (tertiary/aromatic N) is 2. The maximum absolute atomic E-state index is 12.8. The van der Waals surface area contributed by atoms with E-state index in [-0.39, 0.29) is 24.2 Å². The van der Waals surface area contributed by atoms with Crippen molar-refractivity contribution in [2.45, 2.75) is 65.7 Å². The van der Waals surface area contributed by atoms with E-state index in [0.717, 1.165) is 24.0 Å². The first-order valence-electron chi connectivity index (χ1n) is 11.3. The number of hydrogen-bond acceptors (Lipinski definition) is 6. The monoisotopic (exact) mass is 476 g/mol. The van der Waals surface area contributed by atoms with Crippen LogP contribution in [-0.2, 0) is 11.3 Å². The third-order valence-electron chi connectivity index (χ3n) is 5.39. The number of aromatic nitrogens is 1. The van der Waals surface area contributed by atoms with Gasteiger partial charge >= 0.3 is 0 Å². The van der Waals surface area contributed by atoms with Crippen molar-refractivity contribution in [2.75, 3.05) is 13.1 Å². The molecule has 0 saturated heterocycles. The van der Waals surface area contributed by atoms with E-state index in [1.807, 2.05) is 31.0 Å². The van der Waals surface area contributed by atoms with Gasteiger partial charge in [0.2, 0.25) is 0 Å².